The standard InChI is InChI=1S/C17H23N5O/c1-12-5-6-13(2)15(11-12)19-17(23)14-7-8-16(21-20-14)18-9-10-22(3)4/h5-8,11H,9-10H2,1-4H3,(H,18,21)(H,19,23). The first kappa shape index (κ1) is 16.9. The highest BCUT2D eigenvalue weighted by molar-refractivity contribution is 6.03. The predicted molar refractivity (Wildman–Crippen MR) is 92.9 cm³/mol. The van der Waals surface area contributed by atoms with Gasteiger partial charge in [-0.3, -0.25) is 4.79 Å². The number of nitrogens with zero attached hydrogens (tertiary/aromatic N) is 3. The van der Waals surface area contributed by atoms with E-state index in [0.29, 0.717) is 11.5 Å². The number of hydrogen-bond acceptors (Lipinski definition) is 5. The van der Waals surface area contributed by atoms with E-state index in [9.17, 15) is 4.79 Å². The number of nitrogens with one attached hydrogen (secondary N) is 2. The molecular formula is C17H23N5O. The van der Waals surface area contributed by atoms with Gasteiger partial charge in [0.2, 0.25) is 0 Å². The van der Waals surface area contributed by atoms with E-state index in [2.05, 4.69) is 25.7 Å². The van der Waals surface area contributed by atoms with E-state index in [1.54, 1.807) is 12.1 Å². The predicted octanol–water partition coefficient (Wildman–Crippen LogP) is 2.32. The number of likely N-dealkylation sites (N-methyl/N-ethyl adjacent to an activating group) is 1. The fourth-order valence-corrected chi connectivity index (χ4v) is 2.01. The number of rotatable bonds is 6. The van der Waals surface area contributed by atoms with Crippen molar-refractivity contribution in [1.82, 2.24) is 15.1 Å². The zero-order chi connectivity index (χ0) is 16.8. The fraction of sp³-hybridized carbons (Fsp3) is 0.353. The maximum absolute atomic E-state index is 12.3. The summed E-state index contributed by atoms with van der Waals surface area (Å²) in [6.07, 6.45) is 0. The molecule has 1 amide bonds. The SMILES string of the molecule is Cc1ccc(C)c(NC(=O)c2ccc(NCCN(C)C)nn2)c1. The van der Waals surface area contributed by atoms with Gasteiger partial charge in [-0.1, -0.05) is 12.1 Å². The minimum Gasteiger partial charge on any atom is -0.367 e. The number of benzene rings is 1. The Morgan fingerprint density at radius 2 is 1.91 bits per heavy atom. The van der Waals surface area contributed by atoms with Crippen LogP contribution in [-0.4, -0.2) is 48.2 Å². The average molecular weight is 313 g/mol. The van der Waals surface area contributed by atoms with Crippen LogP contribution in [0.4, 0.5) is 11.5 Å². The fourth-order valence-electron chi connectivity index (χ4n) is 2.01. The van der Waals surface area contributed by atoms with Gasteiger partial charge in [0.05, 0.1) is 0 Å². The summed E-state index contributed by atoms with van der Waals surface area (Å²) in [7, 11) is 4.02. The molecule has 0 unspecified atom stereocenters. The Morgan fingerprint density at radius 3 is 2.57 bits per heavy atom. The van der Waals surface area contributed by atoms with Gasteiger partial charge < -0.3 is 15.5 Å². The van der Waals surface area contributed by atoms with Crippen LogP contribution in [0, 0.1) is 13.8 Å². The molecule has 0 spiro atoms. The van der Waals surface area contributed by atoms with Crippen LogP contribution in [0.1, 0.15) is 21.6 Å². The Balaban J connectivity index is 1.98. The van der Waals surface area contributed by atoms with Gasteiger partial charge in [0.15, 0.2) is 5.69 Å². The van der Waals surface area contributed by atoms with E-state index < -0.39 is 0 Å². The van der Waals surface area contributed by atoms with Crippen molar-refractivity contribution >= 4 is 17.4 Å². The van der Waals surface area contributed by atoms with Crippen LogP contribution in [0.3, 0.4) is 0 Å². The number of aromatic nitrogens is 2. The smallest absolute Gasteiger partial charge is 0.276 e. The Labute approximate surface area is 136 Å². The Morgan fingerprint density at radius 1 is 1.13 bits per heavy atom. The highest BCUT2D eigenvalue weighted by atomic mass is 16.1. The van der Waals surface area contributed by atoms with E-state index in [4.69, 9.17) is 0 Å². The third-order valence-electron chi connectivity index (χ3n) is 3.40. The van der Waals surface area contributed by atoms with Crippen molar-refractivity contribution < 1.29 is 4.79 Å². The van der Waals surface area contributed by atoms with E-state index >= 15 is 0 Å². The van der Waals surface area contributed by atoms with Crippen LogP contribution in [-0.2, 0) is 0 Å². The van der Waals surface area contributed by atoms with Crippen molar-refractivity contribution in [3.05, 3.63) is 47.2 Å². The molecule has 0 saturated heterocycles. The largest absolute Gasteiger partial charge is 0.367 e. The molecule has 0 aliphatic rings. The molecule has 1 aromatic heterocycles. The van der Waals surface area contributed by atoms with Crippen molar-refractivity contribution in [3.63, 3.8) is 0 Å². The van der Waals surface area contributed by atoms with Crippen molar-refractivity contribution in [2.75, 3.05) is 37.8 Å². The molecule has 23 heavy (non-hydrogen) atoms. The monoisotopic (exact) mass is 313 g/mol. The highest BCUT2D eigenvalue weighted by Crippen LogP contribution is 2.17. The van der Waals surface area contributed by atoms with Gasteiger partial charge in [0, 0.05) is 18.8 Å². The molecule has 2 aromatic rings. The van der Waals surface area contributed by atoms with Crippen molar-refractivity contribution in [2.45, 2.75) is 13.8 Å². The van der Waals surface area contributed by atoms with Crippen LogP contribution in [0.15, 0.2) is 30.3 Å². The zero-order valence-corrected chi connectivity index (χ0v) is 14.1. The van der Waals surface area contributed by atoms with E-state index in [1.807, 2.05) is 46.1 Å². The third-order valence-corrected chi connectivity index (χ3v) is 3.40. The molecule has 2 N–H and O–H groups in total. The van der Waals surface area contributed by atoms with Gasteiger partial charge in [0.25, 0.3) is 5.91 Å². The molecule has 0 atom stereocenters. The van der Waals surface area contributed by atoms with Gasteiger partial charge in [-0.05, 0) is 57.3 Å². The van der Waals surface area contributed by atoms with Crippen molar-refractivity contribution in [3.8, 4) is 0 Å². The van der Waals surface area contributed by atoms with Gasteiger partial charge in [-0.15, -0.1) is 10.2 Å². The topological polar surface area (TPSA) is 70.2 Å². The van der Waals surface area contributed by atoms with E-state index in [-0.39, 0.29) is 5.91 Å². The molecule has 6 nitrogen and oxygen atoms in total. The first-order chi connectivity index (χ1) is 11.0. The van der Waals surface area contributed by atoms with Crippen LogP contribution in [0.25, 0.3) is 0 Å². The quantitative estimate of drug-likeness (QED) is 0.856. The summed E-state index contributed by atoms with van der Waals surface area (Å²) in [4.78, 5) is 14.3. The molecule has 0 fully saturated rings. The molecule has 0 aliphatic heterocycles. The number of hydrogen-bond donors (Lipinski definition) is 2. The Hall–Kier alpha value is -2.47. The number of amides is 1. The zero-order valence-electron chi connectivity index (χ0n) is 14.1. The Kier molecular flexibility index (Phi) is 5.65. The number of anilines is 2. The third kappa shape index (κ3) is 5.03. The minimum atomic E-state index is -0.258. The summed E-state index contributed by atoms with van der Waals surface area (Å²) in [5, 5.41) is 14.1. The van der Waals surface area contributed by atoms with Gasteiger partial charge in [-0.25, -0.2) is 0 Å². The molecule has 2 rings (SSSR count). The molecule has 0 bridgehead atoms. The van der Waals surface area contributed by atoms with Gasteiger partial charge >= 0.3 is 0 Å². The molecule has 0 radical (unpaired) electrons. The second-order valence-corrected chi connectivity index (χ2v) is 5.81. The number of carbonyl (C=O) groups is 1. The first-order valence-corrected chi connectivity index (χ1v) is 7.56. The lowest BCUT2D eigenvalue weighted by molar-refractivity contribution is 0.102. The maximum Gasteiger partial charge on any atom is 0.276 e. The molecule has 6 heteroatoms. The lowest BCUT2D eigenvalue weighted by Crippen LogP contribution is -2.21. The molecule has 122 valence electrons. The van der Waals surface area contributed by atoms with Crippen LogP contribution < -0.4 is 10.6 Å². The van der Waals surface area contributed by atoms with Gasteiger partial charge in [-0.2, -0.15) is 0 Å². The second kappa shape index (κ2) is 7.69. The second-order valence-electron chi connectivity index (χ2n) is 5.81. The van der Waals surface area contributed by atoms with Crippen LogP contribution in [0.2, 0.25) is 0 Å². The lowest BCUT2D eigenvalue weighted by Gasteiger charge is -2.11. The first-order valence-electron chi connectivity index (χ1n) is 7.56. The number of aryl methyl sites for hydroxylation is 2. The van der Waals surface area contributed by atoms with Gasteiger partial charge in [0.1, 0.15) is 5.82 Å². The summed E-state index contributed by atoms with van der Waals surface area (Å²) >= 11 is 0. The average Bonchev–Trinajstić information content (AvgIpc) is 2.51. The molecule has 0 saturated carbocycles. The lowest BCUT2D eigenvalue weighted by atomic mass is 10.1. The number of carbonyl (C=O) groups excluding carboxylic acids is 1. The molecule has 0 aliphatic carbocycles. The van der Waals surface area contributed by atoms with E-state index in [0.717, 1.165) is 29.9 Å². The van der Waals surface area contributed by atoms with Crippen LogP contribution >= 0.6 is 0 Å². The van der Waals surface area contributed by atoms with Crippen molar-refractivity contribution in [2.24, 2.45) is 0 Å². The minimum absolute atomic E-state index is 0.258. The summed E-state index contributed by atoms with van der Waals surface area (Å²) < 4.78 is 0. The summed E-state index contributed by atoms with van der Waals surface area (Å²) in [6.45, 7) is 5.62. The summed E-state index contributed by atoms with van der Waals surface area (Å²) in [5.41, 5.74) is 3.20. The molecular weight excluding hydrogens is 290 g/mol. The summed E-state index contributed by atoms with van der Waals surface area (Å²) in [6, 6.07) is 9.37. The summed E-state index contributed by atoms with van der Waals surface area (Å²) in [5.74, 6) is 0.404. The van der Waals surface area contributed by atoms with Crippen LogP contribution in [0.5, 0.6) is 0 Å². The highest BCUT2D eigenvalue weighted by Gasteiger charge is 2.10. The maximum atomic E-state index is 12.3. The van der Waals surface area contributed by atoms with Crippen molar-refractivity contribution in [1.29, 1.82) is 0 Å². The molecule has 1 heterocycles. The van der Waals surface area contributed by atoms with E-state index in [1.165, 1.54) is 0 Å². The Bertz CT molecular complexity index is 667. The normalized spacial score (nSPS) is 10.7. The molecule has 1 aromatic carbocycles.